The first-order valence-electron chi connectivity index (χ1n) is 12.2. The highest BCUT2D eigenvalue weighted by Gasteiger charge is 2.40. The SMILES string of the molecule is CCOc1ccccc1N1C(=O)C(Cl)=C(Nc2ccc(C(=O)Oc3ccc(C)cc3C(C)(C)C)cc2)C1=O. The fourth-order valence-electron chi connectivity index (χ4n) is 4.06. The molecule has 1 heterocycles. The lowest BCUT2D eigenvalue weighted by Gasteiger charge is -2.22. The van der Waals surface area contributed by atoms with Crippen molar-refractivity contribution in [1.82, 2.24) is 0 Å². The van der Waals surface area contributed by atoms with E-state index in [4.69, 9.17) is 21.1 Å². The number of amides is 2. The van der Waals surface area contributed by atoms with Crippen LogP contribution in [0.4, 0.5) is 11.4 Å². The Morgan fingerprint density at radius 1 is 0.947 bits per heavy atom. The Morgan fingerprint density at radius 2 is 1.63 bits per heavy atom. The number of carbonyl (C=O) groups is 3. The van der Waals surface area contributed by atoms with Crippen molar-refractivity contribution in [2.75, 3.05) is 16.8 Å². The van der Waals surface area contributed by atoms with E-state index in [9.17, 15) is 14.4 Å². The predicted octanol–water partition coefficient (Wildman–Crippen LogP) is 6.35. The summed E-state index contributed by atoms with van der Waals surface area (Å²) >= 11 is 6.27. The normalized spacial score (nSPS) is 13.7. The summed E-state index contributed by atoms with van der Waals surface area (Å²) < 4.78 is 11.3. The summed E-state index contributed by atoms with van der Waals surface area (Å²) in [5.74, 6) is -0.860. The number of halogens is 1. The van der Waals surface area contributed by atoms with Crippen LogP contribution in [0.3, 0.4) is 0 Å². The summed E-state index contributed by atoms with van der Waals surface area (Å²) in [6.07, 6.45) is 0. The Hall–Kier alpha value is -4.10. The number of imide groups is 1. The van der Waals surface area contributed by atoms with E-state index in [-0.39, 0.29) is 16.1 Å². The van der Waals surface area contributed by atoms with E-state index < -0.39 is 17.8 Å². The highest BCUT2D eigenvalue weighted by atomic mass is 35.5. The van der Waals surface area contributed by atoms with Crippen LogP contribution in [0.25, 0.3) is 0 Å². The van der Waals surface area contributed by atoms with Crippen molar-refractivity contribution < 1.29 is 23.9 Å². The second-order valence-electron chi connectivity index (χ2n) is 9.88. The van der Waals surface area contributed by atoms with Crippen LogP contribution in [-0.4, -0.2) is 24.4 Å². The van der Waals surface area contributed by atoms with Crippen LogP contribution in [0.5, 0.6) is 11.5 Å². The monoisotopic (exact) mass is 532 g/mol. The smallest absolute Gasteiger partial charge is 0.343 e. The minimum atomic E-state index is -0.653. The van der Waals surface area contributed by atoms with Gasteiger partial charge in [0, 0.05) is 11.3 Å². The third kappa shape index (κ3) is 5.43. The first kappa shape index (κ1) is 26.9. The number of hydrogen-bond donors (Lipinski definition) is 1. The Labute approximate surface area is 227 Å². The highest BCUT2D eigenvalue weighted by Crippen LogP contribution is 2.36. The van der Waals surface area contributed by atoms with Gasteiger partial charge in [0.1, 0.15) is 22.2 Å². The summed E-state index contributed by atoms with van der Waals surface area (Å²) in [6, 6.07) is 18.9. The van der Waals surface area contributed by atoms with Crippen LogP contribution < -0.4 is 19.7 Å². The van der Waals surface area contributed by atoms with Gasteiger partial charge in [0.15, 0.2) is 0 Å². The van der Waals surface area contributed by atoms with Crippen LogP contribution in [0.15, 0.2) is 77.5 Å². The number of benzene rings is 3. The number of ether oxygens (including phenoxy) is 2. The molecule has 4 rings (SSSR count). The van der Waals surface area contributed by atoms with Crippen LogP contribution in [-0.2, 0) is 15.0 Å². The minimum absolute atomic E-state index is 0.0623. The van der Waals surface area contributed by atoms with E-state index in [1.165, 1.54) is 0 Å². The number of aryl methyl sites for hydroxylation is 1. The molecule has 1 N–H and O–H groups in total. The molecule has 196 valence electrons. The summed E-state index contributed by atoms with van der Waals surface area (Å²) in [6.45, 7) is 10.4. The zero-order valence-corrected chi connectivity index (χ0v) is 22.7. The molecule has 38 heavy (non-hydrogen) atoms. The van der Waals surface area contributed by atoms with E-state index >= 15 is 0 Å². The second kappa shape index (κ2) is 10.7. The molecule has 1 aliphatic rings. The van der Waals surface area contributed by atoms with Crippen LogP contribution in [0.2, 0.25) is 0 Å². The molecule has 0 atom stereocenters. The third-order valence-electron chi connectivity index (χ3n) is 5.97. The Balaban J connectivity index is 1.51. The molecular weight excluding hydrogens is 504 g/mol. The molecule has 0 spiro atoms. The molecule has 3 aromatic rings. The van der Waals surface area contributed by atoms with Gasteiger partial charge >= 0.3 is 5.97 Å². The van der Waals surface area contributed by atoms with Crippen LogP contribution >= 0.6 is 11.6 Å². The number of para-hydroxylation sites is 2. The molecule has 0 aliphatic carbocycles. The van der Waals surface area contributed by atoms with Gasteiger partial charge in [-0.25, -0.2) is 9.69 Å². The van der Waals surface area contributed by atoms with E-state index in [1.54, 1.807) is 54.6 Å². The fourth-order valence-corrected chi connectivity index (χ4v) is 4.27. The molecule has 0 saturated carbocycles. The number of nitrogens with zero attached hydrogens (tertiary/aromatic N) is 1. The van der Waals surface area contributed by atoms with E-state index in [0.29, 0.717) is 35.0 Å². The molecular formula is C30H29ClN2O5. The van der Waals surface area contributed by atoms with Gasteiger partial charge in [0.05, 0.1) is 17.9 Å². The lowest BCUT2D eigenvalue weighted by atomic mass is 9.85. The molecule has 0 saturated heterocycles. The predicted molar refractivity (Wildman–Crippen MR) is 148 cm³/mol. The number of anilines is 2. The Morgan fingerprint density at radius 3 is 2.29 bits per heavy atom. The second-order valence-corrected chi connectivity index (χ2v) is 10.3. The van der Waals surface area contributed by atoms with Crippen LogP contribution in [0, 0.1) is 6.92 Å². The maximum absolute atomic E-state index is 13.2. The summed E-state index contributed by atoms with van der Waals surface area (Å²) in [4.78, 5) is 39.9. The third-order valence-corrected chi connectivity index (χ3v) is 6.32. The van der Waals surface area contributed by atoms with Crippen molar-refractivity contribution in [1.29, 1.82) is 0 Å². The molecule has 2 amide bonds. The van der Waals surface area contributed by atoms with Crippen molar-refractivity contribution in [3.8, 4) is 11.5 Å². The Bertz CT molecular complexity index is 1440. The van der Waals surface area contributed by atoms with Gasteiger partial charge < -0.3 is 14.8 Å². The van der Waals surface area contributed by atoms with E-state index in [2.05, 4.69) is 26.1 Å². The standard InChI is InChI=1S/C30H29ClN2O5/c1-6-37-24-10-8-7-9-22(24)33-27(34)25(31)26(28(33)35)32-20-14-12-19(13-15-20)29(36)38-23-16-11-18(2)17-21(23)30(3,4)5/h7-17,32H,6H2,1-5H3. The zero-order chi connectivity index (χ0) is 27.6. The van der Waals surface area contributed by atoms with Gasteiger partial charge in [0.2, 0.25) is 0 Å². The topological polar surface area (TPSA) is 84.9 Å². The number of hydrogen-bond acceptors (Lipinski definition) is 6. The highest BCUT2D eigenvalue weighted by molar-refractivity contribution is 6.53. The van der Waals surface area contributed by atoms with Gasteiger partial charge in [-0.05, 0) is 61.7 Å². The van der Waals surface area contributed by atoms with Crippen molar-refractivity contribution in [3.05, 3.63) is 94.1 Å². The van der Waals surface area contributed by atoms with Gasteiger partial charge in [-0.2, -0.15) is 0 Å². The average molecular weight is 533 g/mol. The molecule has 7 nitrogen and oxygen atoms in total. The van der Waals surface area contributed by atoms with Crippen molar-refractivity contribution in [2.24, 2.45) is 0 Å². The maximum Gasteiger partial charge on any atom is 0.343 e. The minimum Gasteiger partial charge on any atom is -0.492 e. The van der Waals surface area contributed by atoms with Gasteiger partial charge in [0.25, 0.3) is 11.8 Å². The largest absolute Gasteiger partial charge is 0.492 e. The lowest BCUT2D eigenvalue weighted by Crippen LogP contribution is -2.32. The van der Waals surface area contributed by atoms with Gasteiger partial charge in [-0.15, -0.1) is 0 Å². The van der Waals surface area contributed by atoms with Gasteiger partial charge in [-0.1, -0.05) is 62.2 Å². The molecule has 0 fully saturated rings. The quantitative estimate of drug-likeness (QED) is 0.217. The lowest BCUT2D eigenvalue weighted by molar-refractivity contribution is -0.120. The zero-order valence-electron chi connectivity index (χ0n) is 21.9. The van der Waals surface area contributed by atoms with Gasteiger partial charge in [-0.3, -0.25) is 9.59 Å². The molecule has 8 heteroatoms. The summed E-state index contributed by atoms with van der Waals surface area (Å²) in [7, 11) is 0. The molecule has 3 aromatic carbocycles. The van der Waals surface area contributed by atoms with E-state index in [0.717, 1.165) is 16.0 Å². The van der Waals surface area contributed by atoms with Crippen molar-refractivity contribution in [2.45, 2.75) is 40.0 Å². The number of nitrogens with one attached hydrogen (secondary N) is 1. The maximum atomic E-state index is 13.2. The molecule has 1 aliphatic heterocycles. The number of esters is 1. The summed E-state index contributed by atoms with van der Waals surface area (Å²) in [5.41, 5.74) is 2.86. The number of carbonyl (C=O) groups excluding carboxylic acids is 3. The van der Waals surface area contributed by atoms with Crippen molar-refractivity contribution >= 4 is 40.8 Å². The molecule has 0 unspecified atom stereocenters. The molecule has 0 radical (unpaired) electrons. The van der Waals surface area contributed by atoms with Crippen LogP contribution in [0.1, 0.15) is 49.2 Å². The first-order chi connectivity index (χ1) is 18.0. The first-order valence-corrected chi connectivity index (χ1v) is 12.6. The average Bonchev–Trinajstić information content (AvgIpc) is 3.08. The Kier molecular flexibility index (Phi) is 7.60. The number of rotatable bonds is 7. The summed E-state index contributed by atoms with van der Waals surface area (Å²) in [5, 5.41) is 2.68. The van der Waals surface area contributed by atoms with Crippen molar-refractivity contribution in [3.63, 3.8) is 0 Å². The van der Waals surface area contributed by atoms with E-state index in [1.807, 2.05) is 26.0 Å². The molecule has 0 bridgehead atoms. The fraction of sp³-hybridized carbons (Fsp3) is 0.233. The molecule has 0 aromatic heterocycles.